The average Bonchev–Trinajstić information content (AvgIpc) is 2.76. The third kappa shape index (κ3) is 4.68. The Hall–Kier alpha value is -2.21. The van der Waals surface area contributed by atoms with Crippen molar-refractivity contribution < 1.29 is 9.53 Å². The molecule has 0 atom stereocenters. The summed E-state index contributed by atoms with van der Waals surface area (Å²) in [5, 5.41) is 4.31. The molecule has 0 aliphatic rings. The van der Waals surface area contributed by atoms with Crippen molar-refractivity contribution in [3.8, 4) is 0 Å². The van der Waals surface area contributed by atoms with Gasteiger partial charge in [-0.2, -0.15) is 5.10 Å². The van der Waals surface area contributed by atoms with Crippen LogP contribution in [0.4, 0.5) is 0 Å². The van der Waals surface area contributed by atoms with E-state index >= 15 is 0 Å². The normalized spacial score (nSPS) is 10.9. The predicted octanol–water partition coefficient (Wildman–Crippen LogP) is 1.39. The summed E-state index contributed by atoms with van der Waals surface area (Å²) >= 11 is 0. The van der Waals surface area contributed by atoms with E-state index in [1.807, 2.05) is 56.3 Å². The summed E-state index contributed by atoms with van der Waals surface area (Å²) in [5.74, 6) is 1.10. The van der Waals surface area contributed by atoms with Crippen molar-refractivity contribution in [3.05, 3.63) is 47.5 Å². The Morgan fingerprint density at radius 1 is 1.29 bits per heavy atom. The predicted molar refractivity (Wildman–Crippen MR) is 78.4 cm³/mol. The monoisotopic (exact) mass is 288 g/mol. The number of ether oxygens (including phenoxy) is 1. The zero-order valence-electron chi connectivity index (χ0n) is 12.6. The standard InChI is InChI=1S/C15H20N4O2/c1-12-16-14(9-18(2)3)17-19(12)10-15(20)21-11-13-7-5-4-6-8-13/h4-8H,9-11H2,1-3H3. The zero-order valence-corrected chi connectivity index (χ0v) is 12.6. The van der Waals surface area contributed by atoms with Gasteiger partial charge in [0, 0.05) is 0 Å². The second-order valence-corrected chi connectivity index (χ2v) is 5.12. The molecule has 1 aromatic carbocycles. The van der Waals surface area contributed by atoms with Crippen molar-refractivity contribution in [1.29, 1.82) is 0 Å². The summed E-state index contributed by atoms with van der Waals surface area (Å²) < 4.78 is 6.81. The minimum absolute atomic E-state index is 0.0824. The number of carbonyl (C=O) groups excluding carboxylic acids is 1. The van der Waals surface area contributed by atoms with E-state index in [1.54, 1.807) is 4.68 Å². The molecule has 1 aromatic heterocycles. The van der Waals surface area contributed by atoms with Crippen LogP contribution in [0.3, 0.4) is 0 Å². The van der Waals surface area contributed by atoms with Gasteiger partial charge in [0.2, 0.25) is 0 Å². The largest absolute Gasteiger partial charge is 0.459 e. The van der Waals surface area contributed by atoms with Crippen molar-refractivity contribution >= 4 is 5.97 Å². The molecule has 0 amide bonds. The number of hydrogen-bond acceptors (Lipinski definition) is 5. The summed E-state index contributed by atoms with van der Waals surface area (Å²) in [5.41, 5.74) is 0.967. The van der Waals surface area contributed by atoms with Gasteiger partial charge in [0.1, 0.15) is 19.0 Å². The summed E-state index contributed by atoms with van der Waals surface area (Å²) in [6, 6.07) is 9.60. The first kappa shape index (κ1) is 15.2. The van der Waals surface area contributed by atoms with Crippen LogP contribution in [-0.4, -0.2) is 39.7 Å². The third-order valence-electron chi connectivity index (χ3n) is 2.88. The van der Waals surface area contributed by atoms with Gasteiger partial charge in [-0.3, -0.25) is 4.79 Å². The Kier molecular flexibility index (Phi) is 5.05. The molecule has 0 N–H and O–H groups in total. The van der Waals surface area contributed by atoms with Crippen LogP contribution in [0.5, 0.6) is 0 Å². The van der Waals surface area contributed by atoms with E-state index in [1.165, 1.54) is 0 Å². The fourth-order valence-corrected chi connectivity index (χ4v) is 1.88. The van der Waals surface area contributed by atoms with Crippen LogP contribution in [0.1, 0.15) is 17.2 Å². The van der Waals surface area contributed by atoms with E-state index in [0.29, 0.717) is 18.2 Å². The molecule has 0 aliphatic heterocycles. The highest BCUT2D eigenvalue weighted by atomic mass is 16.5. The number of nitrogens with zero attached hydrogens (tertiary/aromatic N) is 4. The van der Waals surface area contributed by atoms with Gasteiger partial charge in [0.05, 0.1) is 6.54 Å². The van der Waals surface area contributed by atoms with Crippen LogP contribution < -0.4 is 0 Å². The van der Waals surface area contributed by atoms with Crippen LogP contribution in [-0.2, 0) is 29.2 Å². The molecular formula is C15H20N4O2. The fourth-order valence-electron chi connectivity index (χ4n) is 1.88. The van der Waals surface area contributed by atoms with Crippen LogP contribution in [0, 0.1) is 6.92 Å². The second-order valence-electron chi connectivity index (χ2n) is 5.12. The maximum atomic E-state index is 11.8. The Bertz CT molecular complexity index is 593. The van der Waals surface area contributed by atoms with Gasteiger partial charge in [-0.15, -0.1) is 0 Å². The number of esters is 1. The first-order valence-electron chi connectivity index (χ1n) is 6.79. The van der Waals surface area contributed by atoms with Gasteiger partial charge in [-0.05, 0) is 26.6 Å². The first-order chi connectivity index (χ1) is 10.0. The lowest BCUT2D eigenvalue weighted by molar-refractivity contribution is -0.145. The molecule has 0 bridgehead atoms. The first-order valence-corrected chi connectivity index (χ1v) is 6.79. The maximum Gasteiger partial charge on any atom is 0.328 e. The topological polar surface area (TPSA) is 60.2 Å². The van der Waals surface area contributed by atoms with Crippen molar-refractivity contribution in [3.63, 3.8) is 0 Å². The van der Waals surface area contributed by atoms with Crippen LogP contribution in [0.25, 0.3) is 0 Å². The van der Waals surface area contributed by atoms with E-state index < -0.39 is 0 Å². The lowest BCUT2D eigenvalue weighted by atomic mass is 10.2. The summed E-state index contributed by atoms with van der Waals surface area (Å²) in [7, 11) is 3.90. The van der Waals surface area contributed by atoms with Crippen molar-refractivity contribution in [2.24, 2.45) is 0 Å². The highest BCUT2D eigenvalue weighted by molar-refractivity contribution is 5.69. The fraction of sp³-hybridized carbons (Fsp3) is 0.400. The Labute approximate surface area is 124 Å². The summed E-state index contributed by atoms with van der Waals surface area (Å²) in [6.07, 6.45) is 0. The van der Waals surface area contributed by atoms with Gasteiger partial charge in [-0.25, -0.2) is 9.67 Å². The molecule has 0 saturated heterocycles. The molecule has 6 nitrogen and oxygen atoms in total. The lowest BCUT2D eigenvalue weighted by Gasteiger charge is -2.06. The zero-order chi connectivity index (χ0) is 15.2. The van der Waals surface area contributed by atoms with E-state index in [4.69, 9.17) is 4.74 Å². The van der Waals surface area contributed by atoms with Gasteiger partial charge in [0.15, 0.2) is 5.82 Å². The molecule has 0 spiro atoms. The molecule has 2 aromatic rings. The number of hydrogen-bond donors (Lipinski definition) is 0. The third-order valence-corrected chi connectivity index (χ3v) is 2.88. The molecule has 0 fully saturated rings. The highest BCUT2D eigenvalue weighted by Gasteiger charge is 2.11. The van der Waals surface area contributed by atoms with Gasteiger partial charge < -0.3 is 9.64 Å². The van der Waals surface area contributed by atoms with Crippen LogP contribution in [0.15, 0.2) is 30.3 Å². The quantitative estimate of drug-likeness (QED) is 0.752. The number of aromatic nitrogens is 3. The van der Waals surface area contributed by atoms with Crippen molar-refractivity contribution in [2.45, 2.75) is 26.6 Å². The SMILES string of the molecule is Cc1nc(CN(C)C)nn1CC(=O)OCc1ccccc1. The number of aryl methyl sites for hydroxylation is 1. The smallest absolute Gasteiger partial charge is 0.328 e. The Morgan fingerprint density at radius 2 is 2.00 bits per heavy atom. The van der Waals surface area contributed by atoms with Gasteiger partial charge in [-0.1, -0.05) is 30.3 Å². The van der Waals surface area contributed by atoms with E-state index in [2.05, 4.69) is 10.1 Å². The minimum Gasteiger partial charge on any atom is -0.459 e. The van der Waals surface area contributed by atoms with Crippen molar-refractivity contribution in [2.75, 3.05) is 14.1 Å². The van der Waals surface area contributed by atoms with E-state index in [-0.39, 0.29) is 19.1 Å². The molecule has 0 unspecified atom stereocenters. The van der Waals surface area contributed by atoms with Gasteiger partial charge in [0.25, 0.3) is 0 Å². The Morgan fingerprint density at radius 3 is 2.67 bits per heavy atom. The Balaban J connectivity index is 1.89. The lowest BCUT2D eigenvalue weighted by Crippen LogP contribution is -2.16. The molecular weight excluding hydrogens is 268 g/mol. The number of carbonyl (C=O) groups is 1. The molecule has 0 aliphatic carbocycles. The minimum atomic E-state index is -0.316. The average molecular weight is 288 g/mol. The van der Waals surface area contributed by atoms with Crippen LogP contribution >= 0.6 is 0 Å². The number of rotatable bonds is 6. The van der Waals surface area contributed by atoms with Crippen LogP contribution in [0.2, 0.25) is 0 Å². The van der Waals surface area contributed by atoms with E-state index in [0.717, 1.165) is 5.56 Å². The highest BCUT2D eigenvalue weighted by Crippen LogP contribution is 2.03. The van der Waals surface area contributed by atoms with Gasteiger partial charge >= 0.3 is 5.97 Å². The second kappa shape index (κ2) is 6.99. The molecule has 2 rings (SSSR count). The summed E-state index contributed by atoms with van der Waals surface area (Å²) in [4.78, 5) is 18.2. The molecule has 21 heavy (non-hydrogen) atoms. The maximum absolute atomic E-state index is 11.8. The number of benzene rings is 1. The molecule has 0 saturated carbocycles. The molecule has 6 heteroatoms. The summed E-state index contributed by atoms with van der Waals surface area (Å²) in [6.45, 7) is 2.83. The van der Waals surface area contributed by atoms with Crippen molar-refractivity contribution in [1.82, 2.24) is 19.7 Å². The van der Waals surface area contributed by atoms with E-state index in [9.17, 15) is 4.79 Å². The molecule has 0 radical (unpaired) electrons. The molecule has 1 heterocycles. The molecule has 112 valence electrons.